The molecule has 5 nitrogen and oxygen atoms in total. The zero-order chi connectivity index (χ0) is 12.0. The fourth-order valence-electron chi connectivity index (χ4n) is 1.08. The number of carbonyl (C=O) groups is 2. The molecule has 0 aliphatic heterocycles. The summed E-state index contributed by atoms with van der Waals surface area (Å²) in [6.45, 7) is 6.31. The lowest BCUT2D eigenvalue weighted by Crippen LogP contribution is -2.13. The second-order valence-corrected chi connectivity index (χ2v) is 2.93. The zero-order valence-electron chi connectivity index (χ0n) is 8.69. The van der Waals surface area contributed by atoms with Gasteiger partial charge < -0.3 is 14.9 Å². The van der Waals surface area contributed by atoms with Crippen LogP contribution in [0.5, 0.6) is 0 Å². The molecule has 0 atom stereocenters. The molecule has 0 bridgehead atoms. The van der Waals surface area contributed by atoms with E-state index in [0.29, 0.717) is 11.3 Å². The van der Waals surface area contributed by atoms with Crippen molar-refractivity contribution in [3.8, 4) is 0 Å². The molecule has 0 aromatic heterocycles. The largest absolute Gasteiger partial charge is 0.465 e. The second-order valence-electron chi connectivity index (χ2n) is 2.93. The number of nitrogens with zero attached hydrogens (tertiary/aromatic N) is 1. The van der Waals surface area contributed by atoms with Gasteiger partial charge in [0.15, 0.2) is 0 Å². The average Bonchev–Trinajstić information content (AvgIpc) is 2.29. The molecule has 1 aromatic carbocycles. The first-order valence-electron chi connectivity index (χ1n) is 4.49. The summed E-state index contributed by atoms with van der Waals surface area (Å²) in [7, 11) is 1.30. The number of hydrogen-bond donors (Lipinski definition) is 1. The van der Waals surface area contributed by atoms with Crippen molar-refractivity contribution in [2.45, 2.75) is 0 Å². The number of ether oxygens (including phenoxy) is 1. The first-order valence-corrected chi connectivity index (χ1v) is 4.49. The van der Waals surface area contributed by atoms with Gasteiger partial charge in [0.25, 0.3) is 6.54 Å². The van der Waals surface area contributed by atoms with Crippen LogP contribution in [-0.2, 0) is 9.53 Å². The number of hydrogen-bond acceptors (Lipinski definition) is 3. The highest BCUT2D eigenvalue weighted by Crippen LogP contribution is 2.10. The molecule has 1 rings (SSSR count). The maximum atomic E-state index is 11.1. The van der Waals surface area contributed by atoms with E-state index >= 15 is 0 Å². The first kappa shape index (κ1) is 11.7. The van der Waals surface area contributed by atoms with Crippen molar-refractivity contribution in [2.24, 2.45) is 0 Å². The van der Waals surface area contributed by atoms with Gasteiger partial charge in [-0.2, -0.15) is 0 Å². The molecule has 0 saturated carbocycles. The van der Waals surface area contributed by atoms with Crippen LogP contribution in [0.15, 0.2) is 24.3 Å². The quantitative estimate of drug-likeness (QED) is 0.615. The topological polar surface area (TPSA) is 59.8 Å². The van der Waals surface area contributed by atoms with Crippen molar-refractivity contribution in [1.29, 1.82) is 0 Å². The van der Waals surface area contributed by atoms with E-state index in [4.69, 9.17) is 6.57 Å². The van der Waals surface area contributed by atoms with Crippen LogP contribution in [0.1, 0.15) is 10.4 Å². The highest BCUT2D eigenvalue weighted by molar-refractivity contribution is 5.94. The number of anilines is 1. The predicted octanol–water partition coefficient (Wildman–Crippen LogP) is 1.33. The van der Waals surface area contributed by atoms with Crippen molar-refractivity contribution < 1.29 is 14.3 Å². The van der Waals surface area contributed by atoms with E-state index in [2.05, 4.69) is 14.9 Å². The maximum Gasteiger partial charge on any atom is 0.337 e. The summed E-state index contributed by atoms with van der Waals surface area (Å²) in [5.74, 6) is -0.806. The van der Waals surface area contributed by atoms with Crippen LogP contribution in [0, 0.1) is 6.57 Å². The van der Waals surface area contributed by atoms with Crippen molar-refractivity contribution in [1.82, 2.24) is 0 Å². The third-order valence-electron chi connectivity index (χ3n) is 1.81. The Kier molecular flexibility index (Phi) is 4.04. The monoisotopic (exact) mass is 218 g/mol. The SMILES string of the molecule is [C-]#[N+]CC(=O)Nc1ccc(C(=O)OC)cc1. The summed E-state index contributed by atoms with van der Waals surface area (Å²) in [6.07, 6.45) is 0. The van der Waals surface area contributed by atoms with E-state index in [9.17, 15) is 9.59 Å². The third-order valence-corrected chi connectivity index (χ3v) is 1.81. The fraction of sp³-hybridized carbons (Fsp3) is 0.182. The summed E-state index contributed by atoms with van der Waals surface area (Å²) < 4.78 is 4.53. The number of benzene rings is 1. The van der Waals surface area contributed by atoms with E-state index in [1.165, 1.54) is 7.11 Å². The lowest BCUT2D eigenvalue weighted by atomic mass is 10.2. The van der Waals surface area contributed by atoms with Crippen LogP contribution in [0.4, 0.5) is 5.69 Å². The summed E-state index contributed by atoms with van der Waals surface area (Å²) >= 11 is 0. The molecule has 0 aliphatic rings. The number of methoxy groups -OCH3 is 1. The fourth-order valence-corrected chi connectivity index (χ4v) is 1.08. The normalized spacial score (nSPS) is 9.00. The van der Waals surface area contributed by atoms with Crippen molar-refractivity contribution in [3.63, 3.8) is 0 Å². The molecular weight excluding hydrogens is 208 g/mol. The molecular formula is C11H10N2O3. The van der Waals surface area contributed by atoms with Gasteiger partial charge in [-0.05, 0) is 24.3 Å². The Balaban J connectivity index is 2.69. The summed E-state index contributed by atoms with van der Waals surface area (Å²) in [5, 5.41) is 2.52. The van der Waals surface area contributed by atoms with Gasteiger partial charge >= 0.3 is 11.9 Å². The lowest BCUT2D eigenvalue weighted by molar-refractivity contribution is -0.114. The van der Waals surface area contributed by atoms with Crippen LogP contribution in [0.25, 0.3) is 4.85 Å². The van der Waals surface area contributed by atoms with Crippen molar-refractivity contribution in [3.05, 3.63) is 41.2 Å². The molecule has 0 spiro atoms. The van der Waals surface area contributed by atoms with Crippen LogP contribution in [-0.4, -0.2) is 25.5 Å². The van der Waals surface area contributed by atoms with Crippen LogP contribution in [0.3, 0.4) is 0 Å². The Morgan fingerprint density at radius 2 is 2.00 bits per heavy atom. The highest BCUT2D eigenvalue weighted by Gasteiger charge is 2.07. The Bertz CT molecular complexity index is 432. The molecule has 1 N–H and O–H groups in total. The zero-order valence-corrected chi connectivity index (χ0v) is 8.69. The van der Waals surface area contributed by atoms with Gasteiger partial charge in [0.2, 0.25) is 0 Å². The van der Waals surface area contributed by atoms with E-state index < -0.39 is 5.97 Å². The maximum absolute atomic E-state index is 11.1. The molecule has 0 heterocycles. The average molecular weight is 218 g/mol. The standard InChI is InChI=1S/C11H10N2O3/c1-12-7-10(14)13-9-5-3-8(4-6-9)11(15)16-2/h3-6H,7H2,2H3,(H,13,14). The number of rotatable bonds is 3. The molecule has 1 amide bonds. The molecule has 82 valence electrons. The highest BCUT2D eigenvalue weighted by atomic mass is 16.5. The summed E-state index contributed by atoms with van der Waals surface area (Å²) in [4.78, 5) is 25.1. The van der Waals surface area contributed by atoms with Gasteiger partial charge in [-0.3, -0.25) is 4.79 Å². The van der Waals surface area contributed by atoms with Gasteiger partial charge in [0.1, 0.15) is 0 Å². The summed E-state index contributed by atoms with van der Waals surface area (Å²) in [5.41, 5.74) is 0.951. The van der Waals surface area contributed by atoms with Crippen LogP contribution < -0.4 is 5.32 Å². The van der Waals surface area contributed by atoms with Crippen LogP contribution in [0.2, 0.25) is 0 Å². The van der Waals surface area contributed by atoms with Gasteiger partial charge in [-0.1, -0.05) is 0 Å². The van der Waals surface area contributed by atoms with Gasteiger partial charge in [-0.25, -0.2) is 11.4 Å². The Hall–Kier alpha value is -2.35. The Labute approximate surface area is 92.8 Å². The third kappa shape index (κ3) is 3.10. The minimum atomic E-state index is -0.431. The van der Waals surface area contributed by atoms with Crippen LogP contribution >= 0.6 is 0 Å². The number of amides is 1. The molecule has 0 aliphatic carbocycles. The van der Waals surface area contributed by atoms with Gasteiger partial charge in [0, 0.05) is 5.69 Å². The lowest BCUT2D eigenvalue weighted by Gasteiger charge is -2.02. The first-order chi connectivity index (χ1) is 7.67. The number of nitrogens with one attached hydrogen (secondary N) is 1. The van der Waals surface area contributed by atoms with E-state index in [1.54, 1.807) is 24.3 Å². The predicted molar refractivity (Wildman–Crippen MR) is 57.9 cm³/mol. The molecule has 5 heteroatoms. The van der Waals surface area contributed by atoms with Crippen molar-refractivity contribution in [2.75, 3.05) is 19.0 Å². The molecule has 0 radical (unpaired) electrons. The number of carbonyl (C=O) groups excluding carboxylic acids is 2. The smallest absolute Gasteiger partial charge is 0.337 e. The Morgan fingerprint density at radius 3 is 2.50 bits per heavy atom. The minimum absolute atomic E-state index is 0.210. The molecule has 0 fully saturated rings. The minimum Gasteiger partial charge on any atom is -0.465 e. The molecule has 1 aromatic rings. The van der Waals surface area contributed by atoms with E-state index in [-0.39, 0.29) is 12.5 Å². The molecule has 16 heavy (non-hydrogen) atoms. The van der Waals surface area contributed by atoms with E-state index in [1.807, 2.05) is 0 Å². The van der Waals surface area contributed by atoms with Crippen molar-refractivity contribution >= 4 is 17.6 Å². The van der Waals surface area contributed by atoms with Gasteiger partial charge in [-0.15, -0.1) is 0 Å². The summed E-state index contributed by atoms with van der Waals surface area (Å²) in [6, 6.07) is 6.24. The Morgan fingerprint density at radius 1 is 1.38 bits per heavy atom. The second kappa shape index (κ2) is 5.51. The molecule has 0 unspecified atom stereocenters. The van der Waals surface area contributed by atoms with Gasteiger partial charge in [0.05, 0.1) is 12.7 Å². The molecule has 0 saturated heterocycles. The number of esters is 1. The van der Waals surface area contributed by atoms with E-state index in [0.717, 1.165) is 0 Å².